The van der Waals surface area contributed by atoms with Crippen molar-refractivity contribution in [1.82, 2.24) is 14.8 Å². The number of carbonyl (C=O) groups excluding carboxylic acids is 1. The van der Waals surface area contributed by atoms with Crippen molar-refractivity contribution >= 4 is 23.4 Å². The van der Waals surface area contributed by atoms with Gasteiger partial charge < -0.3 is 14.8 Å². The first-order chi connectivity index (χ1) is 16.1. The Morgan fingerprint density at radius 3 is 2.39 bits per heavy atom. The van der Waals surface area contributed by atoms with Gasteiger partial charge in [-0.25, -0.2) is 0 Å². The van der Waals surface area contributed by atoms with E-state index in [2.05, 4.69) is 15.5 Å². The van der Waals surface area contributed by atoms with Crippen molar-refractivity contribution in [3.05, 3.63) is 90.8 Å². The van der Waals surface area contributed by atoms with Crippen LogP contribution in [0.2, 0.25) is 0 Å². The Hall–Kier alpha value is -3.78. The van der Waals surface area contributed by atoms with Crippen molar-refractivity contribution in [2.24, 2.45) is 0 Å². The number of aromatic nitrogens is 3. The second-order valence-corrected chi connectivity index (χ2v) is 8.10. The van der Waals surface area contributed by atoms with Crippen molar-refractivity contribution in [3.8, 4) is 17.2 Å². The lowest BCUT2D eigenvalue weighted by molar-refractivity contribution is -0.113. The first kappa shape index (κ1) is 22.4. The van der Waals surface area contributed by atoms with Crippen LogP contribution in [-0.4, -0.2) is 33.5 Å². The van der Waals surface area contributed by atoms with Crippen LogP contribution in [0.1, 0.15) is 18.9 Å². The molecule has 1 atom stereocenters. The van der Waals surface area contributed by atoms with Gasteiger partial charge in [0.25, 0.3) is 0 Å². The average Bonchev–Trinajstić information content (AvgIpc) is 3.28. The molecule has 168 valence electrons. The molecular formula is C25H24N4O3S. The molecule has 0 saturated heterocycles. The monoisotopic (exact) mass is 460 g/mol. The number of rotatable bonds is 9. The number of benzene rings is 3. The van der Waals surface area contributed by atoms with E-state index in [4.69, 9.17) is 9.47 Å². The first-order valence-corrected chi connectivity index (χ1v) is 11.4. The third-order valence-electron chi connectivity index (χ3n) is 4.78. The van der Waals surface area contributed by atoms with E-state index >= 15 is 0 Å². The van der Waals surface area contributed by atoms with Gasteiger partial charge in [0, 0.05) is 17.4 Å². The van der Waals surface area contributed by atoms with Crippen LogP contribution in [0.4, 0.5) is 5.69 Å². The maximum absolute atomic E-state index is 12.4. The van der Waals surface area contributed by atoms with E-state index in [9.17, 15) is 4.79 Å². The Morgan fingerprint density at radius 2 is 1.67 bits per heavy atom. The summed E-state index contributed by atoms with van der Waals surface area (Å²) in [7, 11) is 1.62. The Balaban J connectivity index is 1.54. The minimum atomic E-state index is -0.391. The molecule has 4 rings (SSSR count). The van der Waals surface area contributed by atoms with Crippen LogP contribution in [0.5, 0.6) is 11.5 Å². The van der Waals surface area contributed by atoms with Crippen LogP contribution in [-0.2, 0) is 4.79 Å². The van der Waals surface area contributed by atoms with Gasteiger partial charge in [0.15, 0.2) is 17.1 Å². The lowest BCUT2D eigenvalue weighted by Gasteiger charge is -2.17. The highest BCUT2D eigenvalue weighted by molar-refractivity contribution is 7.99. The second-order valence-electron chi connectivity index (χ2n) is 7.15. The van der Waals surface area contributed by atoms with Crippen molar-refractivity contribution < 1.29 is 14.3 Å². The predicted octanol–water partition coefficient (Wildman–Crippen LogP) is 5.15. The summed E-state index contributed by atoms with van der Waals surface area (Å²) in [6.45, 7) is 1.92. The summed E-state index contributed by atoms with van der Waals surface area (Å²) in [6.07, 6.45) is -0.391. The van der Waals surface area contributed by atoms with Crippen LogP contribution >= 0.6 is 11.8 Å². The molecule has 1 N–H and O–H groups in total. The SMILES string of the molecule is COc1cccc(OC(C)c2nnc(SCC(=O)Nc3ccccc3)n2-c2ccccc2)c1. The second kappa shape index (κ2) is 10.7. The molecule has 0 radical (unpaired) electrons. The lowest BCUT2D eigenvalue weighted by Crippen LogP contribution is -2.15. The van der Waals surface area contributed by atoms with Crippen LogP contribution < -0.4 is 14.8 Å². The third-order valence-corrected chi connectivity index (χ3v) is 5.71. The highest BCUT2D eigenvalue weighted by Crippen LogP contribution is 2.29. The molecule has 1 heterocycles. The van der Waals surface area contributed by atoms with E-state index in [1.807, 2.05) is 96.4 Å². The molecule has 4 aromatic rings. The summed E-state index contributed by atoms with van der Waals surface area (Å²) in [4.78, 5) is 12.4. The number of nitrogens with zero attached hydrogens (tertiary/aromatic N) is 3. The molecule has 33 heavy (non-hydrogen) atoms. The minimum Gasteiger partial charge on any atom is -0.497 e. The maximum atomic E-state index is 12.4. The molecule has 3 aromatic carbocycles. The number of carbonyl (C=O) groups is 1. The van der Waals surface area contributed by atoms with Gasteiger partial charge in [-0.3, -0.25) is 9.36 Å². The van der Waals surface area contributed by atoms with Crippen LogP contribution in [0, 0.1) is 0 Å². The molecule has 0 bridgehead atoms. The van der Waals surface area contributed by atoms with Gasteiger partial charge in [0.1, 0.15) is 11.5 Å². The number of anilines is 1. The Labute approximate surface area is 196 Å². The molecule has 1 aromatic heterocycles. The number of hydrogen-bond donors (Lipinski definition) is 1. The summed E-state index contributed by atoms with van der Waals surface area (Å²) in [6, 6.07) is 26.6. The molecule has 0 saturated carbocycles. The van der Waals surface area contributed by atoms with Gasteiger partial charge in [-0.15, -0.1) is 10.2 Å². The standard InChI is InChI=1S/C25H24N4O3S/c1-18(32-22-15-9-14-21(16-22)31-2)24-27-28-25(29(24)20-12-7-4-8-13-20)33-17-23(30)26-19-10-5-3-6-11-19/h3-16,18H,17H2,1-2H3,(H,26,30). The number of nitrogens with one attached hydrogen (secondary N) is 1. The molecule has 7 nitrogen and oxygen atoms in total. The van der Waals surface area contributed by atoms with E-state index in [1.54, 1.807) is 7.11 Å². The van der Waals surface area contributed by atoms with Crippen molar-refractivity contribution in [1.29, 1.82) is 0 Å². The maximum Gasteiger partial charge on any atom is 0.234 e. The normalized spacial score (nSPS) is 11.6. The number of thioether (sulfide) groups is 1. The van der Waals surface area contributed by atoms with Crippen LogP contribution in [0.3, 0.4) is 0 Å². The fraction of sp³-hybridized carbons (Fsp3) is 0.160. The fourth-order valence-corrected chi connectivity index (χ4v) is 4.00. The molecule has 1 unspecified atom stereocenters. The van der Waals surface area contributed by atoms with E-state index in [0.717, 1.165) is 11.4 Å². The predicted molar refractivity (Wildman–Crippen MR) is 129 cm³/mol. The first-order valence-electron chi connectivity index (χ1n) is 10.4. The van der Waals surface area contributed by atoms with Crippen LogP contribution in [0.15, 0.2) is 90.1 Å². The minimum absolute atomic E-state index is 0.115. The molecule has 0 aliphatic rings. The smallest absolute Gasteiger partial charge is 0.234 e. The Bertz CT molecular complexity index is 1200. The van der Waals surface area contributed by atoms with E-state index < -0.39 is 6.10 Å². The number of ether oxygens (including phenoxy) is 2. The van der Waals surface area contributed by atoms with E-state index in [-0.39, 0.29) is 11.7 Å². The summed E-state index contributed by atoms with van der Waals surface area (Å²) < 4.78 is 13.3. The fourth-order valence-electron chi connectivity index (χ4n) is 3.24. The topological polar surface area (TPSA) is 78.3 Å². The van der Waals surface area contributed by atoms with E-state index in [1.165, 1.54) is 11.8 Å². The van der Waals surface area contributed by atoms with Crippen LogP contribution in [0.25, 0.3) is 5.69 Å². The Kier molecular flexibility index (Phi) is 7.26. The van der Waals surface area contributed by atoms with Crippen molar-refractivity contribution in [2.45, 2.75) is 18.2 Å². The number of para-hydroxylation sites is 2. The lowest BCUT2D eigenvalue weighted by atomic mass is 10.3. The molecular weight excluding hydrogens is 436 g/mol. The molecule has 0 fully saturated rings. The number of amides is 1. The molecule has 1 amide bonds. The summed E-state index contributed by atoms with van der Waals surface area (Å²) in [5, 5.41) is 12.3. The highest BCUT2D eigenvalue weighted by Gasteiger charge is 2.21. The quantitative estimate of drug-likeness (QED) is 0.348. The number of hydrogen-bond acceptors (Lipinski definition) is 6. The largest absolute Gasteiger partial charge is 0.497 e. The van der Waals surface area contributed by atoms with Gasteiger partial charge in [-0.1, -0.05) is 54.2 Å². The third kappa shape index (κ3) is 5.72. The highest BCUT2D eigenvalue weighted by atomic mass is 32.2. The number of methoxy groups -OCH3 is 1. The zero-order valence-corrected chi connectivity index (χ0v) is 19.2. The summed E-state index contributed by atoms with van der Waals surface area (Å²) in [5.41, 5.74) is 1.65. The van der Waals surface area contributed by atoms with Gasteiger partial charge >= 0.3 is 0 Å². The van der Waals surface area contributed by atoms with Gasteiger partial charge in [-0.2, -0.15) is 0 Å². The zero-order chi connectivity index (χ0) is 23.0. The molecule has 0 aliphatic carbocycles. The summed E-state index contributed by atoms with van der Waals surface area (Å²) >= 11 is 1.32. The summed E-state index contributed by atoms with van der Waals surface area (Å²) in [5.74, 6) is 2.10. The van der Waals surface area contributed by atoms with Crippen molar-refractivity contribution in [3.63, 3.8) is 0 Å². The van der Waals surface area contributed by atoms with Gasteiger partial charge in [0.05, 0.1) is 12.9 Å². The Morgan fingerprint density at radius 1 is 0.970 bits per heavy atom. The zero-order valence-electron chi connectivity index (χ0n) is 18.3. The van der Waals surface area contributed by atoms with Crippen molar-refractivity contribution in [2.75, 3.05) is 18.2 Å². The molecule has 8 heteroatoms. The van der Waals surface area contributed by atoms with Gasteiger partial charge in [0.2, 0.25) is 5.91 Å². The van der Waals surface area contributed by atoms with Gasteiger partial charge in [-0.05, 0) is 43.3 Å². The molecule has 0 spiro atoms. The molecule has 0 aliphatic heterocycles. The van der Waals surface area contributed by atoms with E-state index in [0.29, 0.717) is 22.5 Å². The average molecular weight is 461 g/mol.